The molecule has 1 aliphatic rings. The van der Waals surface area contributed by atoms with Crippen LogP contribution < -0.4 is 5.32 Å². The van der Waals surface area contributed by atoms with E-state index in [9.17, 15) is 4.79 Å². The average Bonchev–Trinajstić information content (AvgIpc) is 2.86. The predicted molar refractivity (Wildman–Crippen MR) is 80.7 cm³/mol. The molecule has 0 saturated carbocycles. The van der Waals surface area contributed by atoms with Gasteiger partial charge in [-0.05, 0) is 51.3 Å². The molecule has 2 N–H and O–H groups in total. The summed E-state index contributed by atoms with van der Waals surface area (Å²) in [6.45, 7) is 3.70. The van der Waals surface area contributed by atoms with Crippen molar-refractivity contribution in [3.8, 4) is 0 Å². The maximum atomic E-state index is 12.1. The molecule has 0 bridgehead atoms. The first-order valence-electron chi connectivity index (χ1n) is 7.40. The molecule has 4 nitrogen and oxygen atoms in total. The van der Waals surface area contributed by atoms with Crippen LogP contribution in [0.5, 0.6) is 0 Å². The van der Waals surface area contributed by atoms with Gasteiger partial charge in [-0.3, -0.25) is 9.69 Å². The predicted octanol–water partition coefficient (Wildman–Crippen LogP) is 2.17. The minimum absolute atomic E-state index is 0.0461. The molecule has 4 heteroatoms. The Hall–Kier alpha value is -1.39. The van der Waals surface area contributed by atoms with Gasteiger partial charge in [-0.1, -0.05) is 17.7 Å². The van der Waals surface area contributed by atoms with Crippen LogP contribution in [-0.2, 0) is 4.79 Å². The number of carbonyl (C=O) groups is 1. The number of amides is 1. The van der Waals surface area contributed by atoms with Gasteiger partial charge in [-0.25, -0.2) is 0 Å². The van der Waals surface area contributed by atoms with E-state index >= 15 is 0 Å². The number of aryl methyl sites for hydroxylation is 1. The molecule has 1 fully saturated rings. The van der Waals surface area contributed by atoms with E-state index in [1.165, 1.54) is 5.56 Å². The second-order valence-electron chi connectivity index (χ2n) is 5.55. The zero-order valence-electron chi connectivity index (χ0n) is 12.1. The fraction of sp³-hybridized carbons (Fsp3) is 0.562. The Morgan fingerprint density at radius 2 is 2.15 bits per heavy atom. The van der Waals surface area contributed by atoms with Crippen LogP contribution in [0, 0.1) is 6.92 Å². The van der Waals surface area contributed by atoms with Crippen LogP contribution in [0.3, 0.4) is 0 Å². The molecule has 1 atom stereocenters. The first kappa shape index (κ1) is 15.0. The summed E-state index contributed by atoms with van der Waals surface area (Å²) < 4.78 is 0. The number of nitrogens with one attached hydrogen (secondary N) is 1. The smallest absolute Gasteiger partial charge is 0.238 e. The van der Waals surface area contributed by atoms with Gasteiger partial charge in [0.15, 0.2) is 0 Å². The molecule has 1 unspecified atom stereocenters. The molecule has 1 heterocycles. The van der Waals surface area contributed by atoms with Gasteiger partial charge in [0, 0.05) is 18.3 Å². The van der Waals surface area contributed by atoms with Gasteiger partial charge >= 0.3 is 0 Å². The summed E-state index contributed by atoms with van der Waals surface area (Å²) >= 11 is 0. The molecule has 0 aromatic heterocycles. The molecule has 1 saturated heterocycles. The van der Waals surface area contributed by atoms with Gasteiger partial charge in [-0.2, -0.15) is 0 Å². The van der Waals surface area contributed by atoms with Crippen LogP contribution in [0.15, 0.2) is 24.3 Å². The van der Waals surface area contributed by atoms with Crippen molar-refractivity contribution >= 4 is 11.6 Å². The summed E-state index contributed by atoms with van der Waals surface area (Å²) in [5.41, 5.74) is 2.04. The van der Waals surface area contributed by atoms with Crippen molar-refractivity contribution in [2.45, 2.75) is 38.6 Å². The highest BCUT2D eigenvalue weighted by Gasteiger charge is 2.25. The maximum absolute atomic E-state index is 12.1. The Labute approximate surface area is 120 Å². The van der Waals surface area contributed by atoms with Gasteiger partial charge in [0.2, 0.25) is 5.91 Å². The third-order valence-corrected chi connectivity index (χ3v) is 3.88. The number of hydrogen-bond acceptors (Lipinski definition) is 3. The van der Waals surface area contributed by atoms with E-state index < -0.39 is 0 Å². The van der Waals surface area contributed by atoms with Gasteiger partial charge < -0.3 is 10.4 Å². The second-order valence-corrected chi connectivity index (χ2v) is 5.55. The molecule has 20 heavy (non-hydrogen) atoms. The lowest BCUT2D eigenvalue weighted by atomic mass is 10.1. The number of anilines is 1. The lowest BCUT2D eigenvalue weighted by molar-refractivity contribution is -0.117. The summed E-state index contributed by atoms with van der Waals surface area (Å²) in [4.78, 5) is 14.3. The number of carbonyl (C=O) groups excluding carboxylic acids is 1. The Kier molecular flexibility index (Phi) is 5.56. The molecular formula is C16H24N2O2. The lowest BCUT2D eigenvalue weighted by Crippen LogP contribution is -2.36. The molecule has 0 radical (unpaired) electrons. The van der Waals surface area contributed by atoms with Gasteiger partial charge in [0.1, 0.15) is 0 Å². The molecule has 1 amide bonds. The summed E-state index contributed by atoms with van der Waals surface area (Å²) in [5, 5.41) is 11.9. The molecule has 110 valence electrons. The van der Waals surface area contributed by atoms with Crippen molar-refractivity contribution in [3.63, 3.8) is 0 Å². The number of aliphatic hydroxyl groups excluding tert-OH is 1. The quantitative estimate of drug-likeness (QED) is 0.837. The fourth-order valence-corrected chi connectivity index (χ4v) is 2.78. The van der Waals surface area contributed by atoms with Crippen molar-refractivity contribution in [2.75, 3.05) is 25.0 Å². The van der Waals surface area contributed by atoms with Crippen molar-refractivity contribution in [2.24, 2.45) is 0 Å². The molecule has 2 rings (SSSR count). The number of hydrogen-bond donors (Lipinski definition) is 2. The normalized spacial score (nSPS) is 19.2. The van der Waals surface area contributed by atoms with Crippen LogP contribution in [-0.4, -0.2) is 41.7 Å². The number of rotatable bonds is 6. The highest BCUT2D eigenvalue weighted by Crippen LogP contribution is 2.21. The van der Waals surface area contributed by atoms with Crippen LogP contribution >= 0.6 is 0 Å². The fourth-order valence-electron chi connectivity index (χ4n) is 2.78. The van der Waals surface area contributed by atoms with Crippen molar-refractivity contribution < 1.29 is 9.90 Å². The largest absolute Gasteiger partial charge is 0.396 e. The van der Waals surface area contributed by atoms with E-state index in [1.54, 1.807) is 0 Å². The maximum Gasteiger partial charge on any atom is 0.238 e. The van der Waals surface area contributed by atoms with Gasteiger partial charge in [0.25, 0.3) is 0 Å². The van der Waals surface area contributed by atoms with Crippen LogP contribution in [0.1, 0.15) is 31.2 Å². The third-order valence-electron chi connectivity index (χ3n) is 3.88. The van der Waals surface area contributed by atoms with Crippen LogP contribution in [0.4, 0.5) is 5.69 Å². The Bertz CT molecular complexity index is 431. The lowest BCUT2D eigenvalue weighted by Gasteiger charge is -2.23. The zero-order chi connectivity index (χ0) is 14.4. The minimum atomic E-state index is 0.0461. The van der Waals surface area contributed by atoms with E-state index in [1.807, 2.05) is 31.2 Å². The molecule has 1 aromatic carbocycles. The van der Waals surface area contributed by atoms with Crippen molar-refractivity contribution in [3.05, 3.63) is 29.8 Å². The first-order chi connectivity index (χ1) is 9.69. The molecule has 1 aromatic rings. The Morgan fingerprint density at radius 1 is 1.40 bits per heavy atom. The van der Waals surface area contributed by atoms with Gasteiger partial charge in [0.05, 0.1) is 6.54 Å². The first-order valence-corrected chi connectivity index (χ1v) is 7.40. The number of nitrogens with zero attached hydrogens (tertiary/aromatic N) is 1. The Balaban J connectivity index is 1.82. The number of aliphatic hydroxyl groups is 1. The minimum Gasteiger partial charge on any atom is -0.396 e. The topological polar surface area (TPSA) is 52.6 Å². The monoisotopic (exact) mass is 276 g/mol. The molecule has 0 aliphatic carbocycles. The SMILES string of the molecule is Cc1ccc(NC(=O)CN2CCCC2CCCO)cc1. The highest BCUT2D eigenvalue weighted by molar-refractivity contribution is 5.92. The highest BCUT2D eigenvalue weighted by atomic mass is 16.3. The molecule has 1 aliphatic heterocycles. The summed E-state index contributed by atoms with van der Waals surface area (Å²) in [5.74, 6) is 0.0461. The van der Waals surface area contributed by atoms with E-state index in [-0.39, 0.29) is 12.5 Å². The second kappa shape index (κ2) is 7.41. The average molecular weight is 276 g/mol. The van der Waals surface area contributed by atoms with E-state index in [2.05, 4.69) is 10.2 Å². The summed E-state index contributed by atoms with van der Waals surface area (Å²) in [7, 11) is 0. The molecular weight excluding hydrogens is 252 g/mol. The van der Waals surface area contributed by atoms with Crippen LogP contribution in [0.2, 0.25) is 0 Å². The van der Waals surface area contributed by atoms with Crippen molar-refractivity contribution in [1.29, 1.82) is 0 Å². The van der Waals surface area contributed by atoms with E-state index in [0.717, 1.165) is 37.9 Å². The third kappa shape index (κ3) is 4.32. The Morgan fingerprint density at radius 3 is 2.85 bits per heavy atom. The number of likely N-dealkylation sites (tertiary alicyclic amines) is 1. The standard InChI is InChI=1S/C16H24N2O2/c1-13-6-8-14(9-7-13)17-16(20)12-18-10-2-4-15(18)5-3-11-19/h6-9,15,19H,2-5,10-12H2,1H3,(H,17,20). The van der Waals surface area contributed by atoms with Crippen molar-refractivity contribution in [1.82, 2.24) is 4.90 Å². The molecule has 0 spiro atoms. The summed E-state index contributed by atoms with van der Waals surface area (Å²) in [6.07, 6.45) is 4.08. The van der Waals surface area contributed by atoms with E-state index in [0.29, 0.717) is 12.6 Å². The van der Waals surface area contributed by atoms with Gasteiger partial charge in [-0.15, -0.1) is 0 Å². The number of benzene rings is 1. The summed E-state index contributed by atoms with van der Waals surface area (Å²) in [6, 6.07) is 8.30. The zero-order valence-corrected chi connectivity index (χ0v) is 12.1. The van der Waals surface area contributed by atoms with Crippen LogP contribution in [0.25, 0.3) is 0 Å². The van der Waals surface area contributed by atoms with E-state index in [4.69, 9.17) is 5.11 Å².